The third kappa shape index (κ3) is 6.81. The van der Waals surface area contributed by atoms with E-state index in [1.807, 2.05) is 6.07 Å². The number of carbonyl (C=O) groups is 2. The van der Waals surface area contributed by atoms with E-state index >= 15 is 0 Å². The molecular formula is C21H31N5O7. The minimum Gasteiger partial charge on any atom is -0.497 e. The Kier molecular flexibility index (Phi) is 9.02. The lowest BCUT2D eigenvalue weighted by Crippen LogP contribution is -2.60. The quantitative estimate of drug-likeness (QED) is 0.173. The van der Waals surface area contributed by atoms with Gasteiger partial charge in [0.05, 0.1) is 25.8 Å². The predicted molar refractivity (Wildman–Crippen MR) is 119 cm³/mol. The van der Waals surface area contributed by atoms with Gasteiger partial charge in [0.2, 0.25) is 5.91 Å². The van der Waals surface area contributed by atoms with Gasteiger partial charge in [-0.2, -0.15) is 0 Å². The van der Waals surface area contributed by atoms with Gasteiger partial charge in [0.1, 0.15) is 24.1 Å². The first-order valence-corrected chi connectivity index (χ1v) is 10.2. The summed E-state index contributed by atoms with van der Waals surface area (Å²) >= 11 is 0. The summed E-state index contributed by atoms with van der Waals surface area (Å²) in [5.74, 6) is -0.903. The smallest absolute Gasteiger partial charge is 0.288 e. The average molecular weight is 466 g/mol. The summed E-state index contributed by atoms with van der Waals surface area (Å²) in [6.45, 7) is 0.680. The van der Waals surface area contributed by atoms with E-state index in [2.05, 4.69) is 10.3 Å². The van der Waals surface area contributed by atoms with Crippen LogP contribution in [0.1, 0.15) is 12.5 Å². The number of amides is 2. The second-order valence-electron chi connectivity index (χ2n) is 7.64. The first-order chi connectivity index (χ1) is 15.6. The van der Waals surface area contributed by atoms with Gasteiger partial charge < -0.3 is 46.5 Å². The first kappa shape index (κ1) is 25.9. The molecule has 5 atom stereocenters. The van der Waals surface area contributed by atoms with Gasteiger partial charge in [0, 0.05) is 20.5 Å². The molecule has 0 fully saturated rings. The van der Waals surface area contributed by atoms with Crippen molar-refractivity contribution in [1.82, 2.24) is 10.2 Å². The maximum absolute atomic E-state index is 13.1. The number of nitrogens with zero attached hydrogens (tertiary/aromatic N) is 2. The van der Waals surface area contributed by atoms with Gasteiger partial charge in [0.15, 0.2) is 11.7 Å². The van der Waals surface area contributed by atoms with Crippen LogP contribution < -0.4 is 21.5 Å². The number of benzene rings is 1. The van der Waals surface area contributed by atoms with Crippen LogP contribution in [0.2, 0.25) is 0 Å². The highest BCUT2D eigenvalue weighted by molar-refractivity contribution is 5.92. The largest absolute Gasteiger partial charge is 0.497 e. The van der Waals surface area contributed by atoms with E-state index in [1.165, 1.54) is 25.0 Å². The van der Waals surface area contributed by atoms with Crippen LogP contribution >= 0.6 is 0 Å². The molecule has 2 rings (SSSR count). The first-order valence-electron chi connectivity index (χ1n) is 10.2. The van der Waals surface area contributed by atoms with Crippen molar-refractivity contribution in [2.45, 2.75) is 43.9 Å². The minimum atomic E-state index is -1.66. The Labute approximate surface area is 191 Å². The van der Waals surface area contributed by atoms with Crippen LogP contribution in [0.3, 0.4) is 0 Å². The van der Waals surface area contributed by atoms with Crippen molar-refractivity contribution in [2.24, 2.45) is 16.5 Å². The molecule has 1 aromatic rings. The van der Waals surface area contributed by atoms with E-state index in [0.29, 0.717) is 5.75 Å². The molecule has 12 heteroatoms. The second-order valence-corrected chi connectivity index (χ2v) is 7.64. The number of aliphatic hydroxyl groups is 3. The van der Waals surface area contributed by atoms with Crippen LogP contribution in [0.25, 0.3) is 0 Å². The van der Waals surface area contributed by atoms with Gasteiger partial charge in [-0.3, -0.25) is 9.59 Å². The molecular weight excluding hydrogens is 434 g/mol. The van der Waals surface area contributed by atoms with Gasteiger partial charge in [-0.25, -0.2) is 4.99 Å². The summed E-state index contributed by atoms with van der Waals surface area (Å²) in [5.41, 5.74) is 11.8. The number of hydrogen-bond acceptors (Lipinski definition) is 8. The minimum absolute atomic E-state index is 0.189. The standard InChI is InChI=1S/C21H31N5O7/c1-11(28)24-17-14(25-21(22)23)8-16(33-19(17)18(30)15(29)10-27)20(31)26(2)9-12-5-4-6-13(7-12)32-3/h4-8,14-15,17-19,27,29-30H,9-10H2,1-3H3,(H,24,28)(H4,22,23,25)/t14-,15+,17+,18+,19+/m0/s1. The third-order valence-corrected chi connectivity index (χ3v) is 5.00. The molecule has 0 radical (unpaired) electrons. The molecule has 0 saturated heterocycles. The van der Waals surface area contributed by atoms with Crippen molar-refractivity contribution >= 4 is 17.8 Å². The zero-order valence-corrected chi connectivity index (χ0v) is 18.7. The van der Waals surface area contributed by atoms with Gasteiger partial charge in [-0.05, 0) is 23.8 Å². The Bertz CT molecular complexity index is 903. The van der Waals surface area contributed by atoms with Crippen LogP contribution in [0, 0.1) is 0 Å². The maximum Gasteiger partial charge on any atom is 0.288 e. The van der Waals surface area contributed by atoms with E-state index in [0.717, 1.165) is 5.56 Å². The van der Waals surface area contributed by atoms with Crippen molar-refractivity contribution in [1.29, 1.82) is 0 Å². The van der Waals surface area contributed by atoms with Crippen molar-refractivity contribution in [3.8, 4) is 5.75 Å². The molecule has 182 valence electrons. The lowest BCUT2D eigenvalue weighted by atomic mass is 9.92. The molecule has 1 heterocycles. The predicted octanol–water partition coefficient (Wildman–Crippen LogP) is -2.20. The maximum atomic E-state index is 13.1. The number of nitrogens with one attached hydrogen (secondary N) is 1. The van der Waals surface area contributed by atoms with Crippen molar-refractivity contribution in [3.63, 3.8) is 0 Å². The number of nitrogens with two attached hydrogens (primary N) is 2. The van der Waals surface area contributed by atoms with E-state index in [1.54, 1.807) is 25.2 Å². The molecule has 0 aromatic heterocycles. The molecule has 1 aliphatic rings. The Morgan fingerprint density at radius 2 is 2.03 bits per heavy atom. The average Bonchev–Trinajstić information content (AvgIpc) is 2.77. The Morgan fingerprint density at radius 3 is 2.61 bits per heavy atom. The Morgan fingerprint density at radius 1 is 1.33 bits per heavy atom. The third-order valence-electron chi connectivity index (χ3n) is 5.00. The molecule has 0 saturated carbocycles. The Hall–Kier alpha value is -3.35. The van der Waals surface area contributed by atoms with E-state index in [-0.39, 0.29) is 18.3 Å². The van der Waals surface area contributed by atoms with Crippen molar-refractivity contribution in [2.75, 3.05) is 20.8 Å². The molecule has 33 heavy (non-hydrogen) atoms. The highest BCUT2D eigenvalue weighted by atomic mass is 16.5. The molecule has 0 aliphatic carbocycles. The van der Waals surface area contributed by atoms with E-state index in [9.17, 15) is 24.9 Å². The highest BCUT2D eigenvalue weighted by Crippen LogP contribution is 2.26. The topological polar surface area (TPSA) is 193 Å². The number of carbonyl (C=O) groups excluding carboxylic acids is 2. The lowest BCUT2D eigenvalue weighted by molar-refractivity contribution is -0.140. The summed E-state index contributed by atoms with van der Waals surface area (Å²) < 4.78 is 10.9. The summed E-state index contributed by atoms with van der Waals surface area (Å²) in [4.78, 5) is 30.3. The number of likely N-dealkylation sites (N-methyl/N-ethyl adjacent to an activating group) is 1. The highest BCUT2D eigenvalue weighted by Gasteiger charge is 2.44. The zero-order valence-electron chi connectivity index (χ0n) is 18.7. The zero-order chi connectivity index (χ0) is 24.7. The lowest BCUT2D eigenvalue weighted by Gasteiger charge is -2.39. The van der Waals surface area contributed by atoms with Crippen LogP contribution in [-0.2, 0) is 20.9 Å². The number of ether oxygens (including phenoxy) is 2. The molecule has 0 spiro atoms. The van der Waals surface area contributed by atoms with Crippen molar-refractivity contribution < 1.29 is 34.4 Å². The van der Waals surface area contributed by atoms with Gasteiger partial charge in [-0.1, -0.05) is 12.1 Å². The molecule has 0 unspecified atom stereocenters. The molecule has 12 nitrogen and oxygen atoms in total. The van der Waals surface area contributed by atoms with E-state index < -0.39 is 48.8 Å². The number of aliphatic hydroxyl groups excluding tert-OH is 3. The number of hydrogen-bond donors (Lipinski definition) is 6. The van der Waals surface area contributed by atoms with Crippen molar-refractivity contribution in [3.05, 3.63) is 41.7 Å². The normalized spacial score (nSPS) is 21.6. The fourth-order valence-electron chi connectivity index (χ4n) is 3.44. The van der Waals surface area contributed by atoms with Crippen LogP contribution in [0.4, 0.5) is 0 Å². The molecule has 1 aromatic carbocycles. The number of aliphatic imine (C=N–C) groups is 1. The number of guanidine groups is 1. The summed E-state index contributed by atoms with van der Waals surface area (Å²) in [6.07, 6.45) is -3.27. The summed E-state index contributed by atoms with van der Waals surface area (Å²) in [7, 11) is 3.09. The van der Waals surface area contributed by atoms with E-state index in [4.69, 9.17) is 20.9 Å². The molecule has 1 aliphatic heterocycles. The fourth-order valence-corrected chi connectivity index (χ4v) is 3.44. The monoisotopic (exact) mass is 465 g/mol. The number of rotatable bonds is 9. The van der Waals surface area contributed by atoms with Crippen LogP contribution in [0.5, 0.6) is 5.75 Å². The van der Waals surface area contributed by atoms with Gasteiger partial charge in [-0.15, -0.1) is 0 Å². The molecule has 0 bridgehead atoms. The SMILES string of the molecule is COc1cccc(CN(C)C(=O)C2=C[C@H](N=C(N)N)[C@@H](NC(C)=O)[C@H]([C@H](O)[C@H](O)CO)O2)c1. The Balaban J connectivity index is 2.38. The van der Waals surface area contributed by atoms with Gasteiger partial charge in [0.25, 0.3) is 5.91 Å². The summed E-state index contributed by atoms with van der Waals surface area (Å²) in [5, 5.41) is 32.4. The fraction of sp³-hybridized carbons (Fsp3) is 0.476. The van der Waals surface area contributed by atoms with Crippen LogP contribution in [0.15, 0.2) is 41.1 Å². The summed E-state index contributed by atoms with van der Waals surface area (Å²) in [6, 6.07) is 5.15. The second kappa shape index (κ2) is 11.5. The van der Waals surface area contributed by atoms with Gasteiger partial charge >= 0.3 is 0 Å². The van der Waals surface area contributed by atoms with Crippen LogP contribution in [-0.4, -0.2) is 89.2 Å². The number of methoxy groups -OCH3 is 1. The molecule has 2 amide bonds. The molecule has 8 N–H and O–H groups in total.